The first-order valence-electron chi connectivity index (χ1n) is 5.16. The van der Waals surface area contributed by atoms with Crippen LogP contribution in [0.1, 0.15) is 41.0 Å². The lowest BCUT2D eigenvalue weighted by Gasteiger charge is -2.42. The summed E-state index contributed by atoms with van der Waals surface area (Å²) >= 11 is 0. The summed E-state index contributed by atoms with van der Waals surface area (Å²) in [6.07, 6.45) is 1.11. The normalized spacial score (nSPS) is 29.5. The minimum Gasteiger partial charge on any atom is -0.396 e. The zero-order valence-electron chi connectivity index (χ0n) is 9.59. The molecule has 1 rings (SSSR count). The van der Waals surface area contributed by atoms with E-state index >= 15 is 0 Å². The first-order chi connectivity index (χ1) is 5.77. The molecule has 0 radical (unpaired) electrons. The summed E-state index contributed by atoms with van der Waals surface area (Å²) in [5.41, 5.74) is 0.457. The summed E-state index contributed by atoms with van der Waals surface area (Å²) in [6.45, 7) is 12.6. The van der Waals surface area contributed by atoms with E-state index in [0.717, 1.165) is 13.0 Å². The summed E-state index contributed by atoms with van der Waals surface area (Å²) in [4.78, 5) is 2.50. The van der Waals surface area contributed by atoms with Gasteiger partial charge in [0.15, 0.2) is 0 Å². The molecule has 1 atom stereocenters. The largest absolute Gasteiger partial charge is 0.396 e. The Morgan fingerprint density at radius 3 is 2.15 bits per heavy atom. The molecule has 1 heterocycles. The molecule has 2 heteroatoms. The summed E-state index contributed by atoms with van der Waals surface area (Å²) in [5.74, 6) is 0.467. The lowest BCUT2D eigenvalue weighted by molar-refractivity contribution is 0.0661. The zero-order chi connectivity index (χ0) is 10.3. The molecule has 2 nitrogen and oxygen atoms in total. The monoisotopic (exact) mass is 185 g/mol. The number of aliphatic hydroxyl groups excluding tert-OH is 1. The van der Waals surface area contributed by atoms with E-state index in [2.05, 4.69) is 39.5 Å². The fraction of sp³-hybridized carbons (Fsp3) is 1.00. The Labute approximate surface area is 81.9 Å². The Morgan fingerprint density at radius 1 is 1.38 bits per heavy atom. The Bertz CT molecular complexity index is 181. The summed E-state index contributed by atoms with van der Waals surface area (Å²) in [5, 5.41) is 9.16. The van der Waals surface area contributed by atoms with Crippen molar-refractivity contribution in [3.05, 3.63) is 0 Å². The maximum Gasteiger partial charge on any atom is 0.0472 e. The van der Waals surface area contributed by atoms with Gasteiger partial charge in [-0.25, -0.2) is 0 Å². The first kappa shape index (κ1) is 11.0. The van der Waals surface area contributed by atoms with Crippen LogP contribution < -0.4 is 0 Å². The average molecular weight is 185 g/mol. The quantitative estimate of drug-likeness (QED) is 0.674. The van der Waals surface area contributed by atoms with Crippen molar-refractivity contribution >= 4 is 0 Å². The topological polar surface area (TPSA) is 23.5 Å². The molecule has 13 heavy (non-hydrogen) atoms. The molecule has 78 valence electrons. The van der Waals surface area contributed by atoms with Gasteiger partial charge < -0.3 is 5.11 Å². The second-order valence-electron chi connectivity index (χ2n) is 5.85. The van der Waals surface area contributed by atoms with Crippen LogP contribution in [0.2, 0.25) is 0 Å². The van der Waals surface area contributed by atoms with Crippen LogP contribution >= 0.6 is 0 Å². The standard InChI is InChI=1S/C11H23NO/c1-10(2,3)12-7-9(8-13)6-11(12,4)5/h9,13H,6-8H2,1-5H3/t9-/m0/s1. The SMILES string of the molecule is CC(C)(C)N1C[C@@H](CO)CC1(C)C. The Kier molecular flexibility index (Phi) is 2.75. The third-order valence-electron chi connectivity index (χ3n) is 3.03. The Hall–Kier alpha value is -0.0800. The van der Waals surface area contributed by atoms with E-state index in [4.69, 9.17) is 5.11 Å². The highest BCUT2D eigenvalue weighted by atomic mass is 16.3. The van der Waals surface area contributed by atoms with Crippen LogP contribution in [0.3, 0.4) is 0 Å². The molecule has 0 aromatic rings. The maximum absolute atomic E-state index is 9.16. The van der Waals surface area contributed by atoms with Crippen LogP contribution in [0.5, 0.6) is 0 Å². The van der Waals surface area contributed by atoms with Gasteiger partial charge in [-0.15, -0.1) is 0 Å². The fourth-order valence-corrected chi connectivity index (χ4v) is 2.69. The van der Waals surface area contributed by atoms with Gasteiger partial charge in [0.05, 0.1) is 0 Å². The van der Waals surface area contributed by atoms with E-state index in [1.54, 1.807) is 0 Å². The highest BCUT2D eigenvalue weighted by Gasteiger charge is 2.42. The van der Waals surface area contributed by atoms with Gasteiger partial charge in [-0.05, 0) is 47.0 Å². The van der Waals surface area contributed by atoms with Gasteiger partial charge in [-0.2, -0.15) is 0 Å². The number of hydrogen-bond donors (Lipinski definition) is 1. The van der Waals surface area contributed by atoms with Crippen molar-refractivity contribution < 1.29 is 5.11 Å². The van der Waals surface area contributed by atoms with Crippen LogP contribution in [0.25, 0.3) is 0 Å². The molecule has 1 N–H and O–H groups in total. The molecule has 0 amide bonds. The molecule has 1 saturated heterocycles. The highest BCUT2D eigenvalue weighted by Crippen LogP contribution is 2.37. The van der Waals surface area contributed by atoms with E-state index < -0.39 is 0 Å². The van der Waals surface area contributed by atoms with Crippen LogP contribution in [0.4, 0.5) is 0 Å². The molecule has 1 aliphatic rings. The summed E-state index contributed by atoms with van der Waals surface area (Å²) in [6, 6.07) is 0. The van der Waals surface area contributed by atoms with E-state index in [-0.39, 0.29) is 11.1 Å². The average Bonchev–Trinajstić information content (AvgIpc) is 2.24. The van der Waals surface area contributed by atoms with Crippen molar-refractivity contribution in [2.45, 2.75) is 52.1 Å². The van der Waals surface area contributed by atoms with Crippen molar-refractivity contribution in [1.82, 2.24) is 4.90 Å². The molecule has 0 aromatic heterocycles. The van der Waals surface area contributed by atoms with Crippen LogP contribution in [0.15, 0.2) is 0 Å². The predicted octanol–water partition coefficient (Wildman–Crippen LogP) is 1.88. The van der Waals surface area contributed by atoms with Crippen LogP contribution in [-0.4, -0.2) is 34.2 Å². The molecule has 0 aliphatic carbocycles. The van der Waals surface area contributed by atoms with Gasteiger partial charge in [0.25, 0.3) is 0 Å². The number of nitrogens with zero attached hydrogens (tertiary/aromatic N) is 1. The number of likely N-dealkylation sites (tertiary alicyclic amines) is 1. The van der Waals surface area contributed by atoms with Crippen molar-refractivity contribution in [3.8, 4) is 0 Å². The molecule has 1 fully saturated rings. The van der Waals surface area contributed by atoms with Gasteiger partial charge in [0, 0.05) is 24.2 Å². The molecule has 0 saturated carbocycles. The third kappa shape index (κ3) is 2.23. The van der Waals surface area contributed by atoms with E-state index in [9.17, 15) is 0 Å². The van der Waals surface area contributed by atoms with Crippen molar-refractivity contribution in [2.75, 3.05) is 13.2 Å². The van der Waals surface area contributed by atoms with Crippen molar-refractivity contribution in [2.24, 2.45) is 5.92 Å². The highest BCUT2D eigenvalue weighted by molar-refractivity contribution is 4.97. The van der Waals surface area contributed by atoms with Gasteiger partial charge >= 0.3 is 0 Å². The minimum absolute atomic E-state index is 0.216. The number of rotatable bonds is 1. The minimum atomic E-state index is 0.216. The van der Waals surface area contributed by atoms with Crippen molar-refractivity contribution in [1.29, 1.82) is 0 Å². The molecular weight excluding hydrogens is 162 g/mol. The number of aliphatic hydroxyl groups is 1. The zero-order valence-corrected chi connectivity index (χ0v) is 9.59. The first-order valence-corrected chi connectivity index (χ1v) is 5.16. The molecule has 0 aromatic carbocycles. The smallest absolute Gasteiger partial charge is 0.0472 e. The molecule has 0 bridgehead atoms. The van der Waals surface area contributed by atoms with Crippen LogP contribution in [-0.2, 0) is 0 Å². The predicted molar refractivity (Wildman–Crippen MR) is 55.7 cm³/mol. The maximum atomic E-state index is 9.16. The number of hydrogen-bond acceptors (Lipinski definition) is 2. The van der Waals surface area contributed by atoms with Gasteiger partial charge in [0.1, 0.15) is 0 Å². The Balaban J connectivity index is 2.76. The van der Waals surface area contributed by atoms with E-state index in [1.807, 2.05) is 0 Å². The van der Waals surface area contributed by atoms with Gasteiger partial charge in [-0.1, -0.05) is 0 Å². The Morgan fingerprint density at radius 2 is 1.92 bits per heavy atom. The molecular formula is C11H23NO. The molecule has 0 unspecified atom stereocenters. The van der Waals surface area contributed by atoms with Gasteiger partial charge in [-0.3, -0.25) is 4.90 Å². The van der Waals surface area contributed by atoms with Crippen molar-refractivity contribution in [3.63, 3.8) is 0 Å². The fourth-order valence-electron chi connectivity index (χ4n) is 2.69. The third-order valence-corrected chi connectivity index (χ3v) is 3.03. The van der Waals surface area contributed by atoms with E-state index in [0.29, 0.717) is 12.5 Å². The second-order valence-corrected chi connectivity index (χ2v) is 5.85. The lowest BCUT2D eigenvalue weighted by atomic mass is 9.94. The lowest BCUT2D eigenvalue weighted by Crippen LogP contribution is -2.50. The molecule has 1 aliphatic heterocycles. The van der Waals surface area contributed by atoms with Crippen LogP contribution in [0, 0.1) is 5.92 Å². The van der Waals surface area contributed by atoms with E-state index in [1.165, 1.54) is 0 Å². The summed E-state index contributed by atoms with van der Waals surface area (Å²) < 4.78 is 0. The second kappa shape index (κ2) is 3.25. The molecule has 0 spiro atoms. The van der Waals surface area contributed by atoms with Gasteiger partial charge in [0.2, 0.25) is 0 Å². The summed E-state index contributed by atoms with van der Waals surface area (Å²) in [7, 11) is 0.